The van der Waals surface area contributed by atoms with E-state index < -0.39 is 0 Å². The number of likely N-dealkylation sites (tertiary alicyclic amines) is 1. The maximum Gasteiger partial charge on any atom is 0.224 e. The van der Waals surface area contributed by atoms with Crippen molar-refractivity contribution in [2.24, 2.45) is 5.92 Å². The molecular formula is C14H29Cl2N3O2. The van der Waals surface area contributed by atoms with Crippen LogP contribution in [0, 0.1) is 5.92 Å². The molecule has 2 fully saturated rings. The van der Waals surface area contributed by atoms with Crippen molar-refractivity contribution >= 4 is 30.7 Å². The maximum absolute atomic E-state index is 12.1. The fraction of sp³-hybridized carbons (Fsp3) is 0.929. The smallest absolute Gasteiger partial charge is 0.224 e. The van der Waals surface area contributed by atoms with Crippen LogP contribution in [0.5, 0.6) is 0 Å². The van der Waals surface area contributed by atoms with E-state index in [0.717, 1.165) is 52.2 Å². The lowest BCUT2D eigenvalue weighted by Gasteiger charge is -2.26. The molecule has 5 nitrogen and oxygen atoms in total. The van der Waals surface area contributed by atoms with Gasteiger partial charge in [-0.3, -0.25) is 9.69 Å². The van der Waals surface area contributed by atoms with Crippen LogP contribution < -0.4 is 10.6 Å². The lowest BCUT2D eigenvalue weighted by atomic mass is 9.99. The molecule has 2 heterocycles. The predicted octanol–water partition coefficient (Wildman–Crippen LogP) is 1.06. The molecule has 2 rings (SSSR count). The number of carbonyl (C=O) groups is 1. The summed E-state index contributed by atoms with van der Waals surface area (Å²) in [6, 6.07) is 0.496. The molecule has 0 aromatic rings. The summed E-state index contributed by atoms with van der Waals surface area (Å²) in [6.45, 7) is 5.56. The molecular weight excluding hydrogens is 313 g/mol. The number of hydrogen-bond acceptors (Lipinski definition) is 4. The third-order valence-corrected chi connectivity index (χ3v) is 4.26. The minimum atomic E-state index is 0. The second kappa shape index (κ2) is 11.5. The number of hydrogen-bond donors (Lipinski definition) is 2. The molecule has 2 unspecified atom stereocenters. The first kappa shape index (κ1) is 20.9. The Bertz CT molecular complexity index is 289. The van der Waals surface area contributed by atoms with Crippen molar-refractivity contribution in [3.8, 4) is 0 Å². The van der Waals surface area contributed by atoms with Crippen LogP contribution in [0.4, 0.5) is 0 Å². The molecule has 21 heavy (non-hydrogen) atoms. The zero-order valence-corrected chi connectivity index (χ0v) is 14.4. The average Bonchev–Trinajstić information content (AvgIpc) is 2.91. The molecule has 0 saturated carbocycles. The number of ether oxygens (including phenoxy) is 1. The second-order valence-corrected chi connectivity index (χ2v) is 5.61. The van der Waals surface area contributed by atoms with Crippen molar-refractivity contribution in [3.05, 3.63) is 0 Å². The van der Waals surface area contributed by atoms with Gasteiger partial charge in [-0.15, -0.1) is 24.8 Å². The third kappa shape index (κ3) is 6.70. The monoisotopic (exact) mass is 341 g/mol. The first-order valence-corrected chi connectivity index (χ1v) is 7.52. The van der Waals surface area contributed by atoms with Gasteiger partial charge in [0.05, 0.1) is 12.5 Å². The fourth-order valence-electron chi connectivity index (χ4n) is 3.07. The molecule has 2 atom stereocenters. The van der Waals surface area contributed by atoms with Crippen LogP contribution in [0.3, 0.4) is 0 Å². The van der Waals surface area contributed by atoms with Gasteiger partial charge >= 0.3 is 0 Å². The largest absolute Gasteiger partial charge is 0.383 e. The van der Waals surface area contributed by atoms with Gasteiger partial charge in [-0.2, -0.15) is 0 Å². The van der Waals surface area contributed by atoms with Gasteiger partial charge in [0.2, 0.25) is 5.91 Å². The Hall–Kier alpha value is -0.0700. The molecule has 2 aliphatic heterocycles. The molecule has 0 aromatic heterocycles. The number of piperidine rings is 1. The summed E-state index contributed by atoms with van der Waals surface area (Å²) >= 11 is 0. The van der Waals surface area contributed by atoms with Gasteiger partial charge in [0.15, 0.2) is 0 Å². The normalized spacial score (nSPS) is 25.8. The van der Waals surface area contributed by atoms with Crippen LogP contribution in [0.2, 0.25) is 0 Å². The Kier molecular flexibility index (Phi) is 11.5. The van der Waals surface area contributed by atoms with Crippen LogP contribution in [0.25, 0.3) is 0 Å². The van der Waals surface area contributed by atoms with Gasteiger partial charge in [-0.05, 0) is 38.8 Å². The molecule has 0 spiro atoms. The van der Waals surface area contributed by atoms with E-state index in [4.69, 9.17) is 4.74 Å². The van der Waals surface area contributed by atoms with E-state index in [1.54, 1.807) is 7.11 Å². The summed E-state index contributed by atoms with van der Waals surface area (Å²) in [5.74, 6) is 0.397. The summed E-state index contributed by atoms with van der Waals surface area (Å²) in [7, 11) is 1.74. The lowest BCUT2D eigenvalue weighted by Crippen LogP contribution is -2.45. The highest BCUT2D eigenvalue weighted by Crippen LogP contribution is 2.16. The molecule has 0 aliphatic carbocycles. The van der Waals surface area contributed by atoms with Gasteiger partial charge in [0, 0.05) is 32.8 Å². The molecule has 0 radical (unpaired) electrons. The number of nitrogens with zero attached hydrogens (tertiary/aromatic N) is 1. The zero-order chi connectivity index (χ0) is 13.5. The molecule has 2 saturated heterocycles. The molecule has 7 heteroatoms. The Labute approximate surface area is 140 Å². The standard InChI is InChI=1S/C14H27N3O2.2ClH/c1-19-9-8-17-7-3-5-13(17)11-16-14(18)12-4-2-6-15-10-12;;/h12-13,15H,2-11H2,1H3,(H,16,18);2*1H. The Morgan fingerprint density at radius 2 is 2.14 bits per heavy atom. The fourth-order valence-corrected chi connectivity index (χ4v) is 3.07. The van der Waals surface area contributed by atoms with Gasteiger partial charge < -0.3 is 15.4 Å². The summed E-state index contributed by atoms with van der Waals surface area (Å²) < 4.78 is 5.14. The minimum absolute atomic E-state index is 0. The van der Waals surface area contributed by atoms with E-state index >= 15 is 0 Å². The van der Waals surface area contributed by atoms with Gasteiger partial charge in [-0.25, -0.2) is 0 Å². The van der Waals surface area contributed by atoms with Crippen molar-refractivity contribution in [2.75, 3.05) is 46.4 Å². The summed E-state index contributed by atoms with van der Waals surface area (Å²) in [5, 5.41) is 6.43. The number of nitrogens with one attached hydrogen (secondary N) is 2. The minimum Gasteiger partial charge on any atom is -0.383 e. The van der Waals surface area contributed by atoms with E-state index in [9.17, 15) is 4.79 Å². The average molecular weight is 342 g/mol. The van der Waals surface area contributed by atoms with Crippen LogP contribution in [0.1, 0.15) is 25.7 Å². The van der Waals surface area contributed by atoms with E-state index in [1.165, 1.54) is 12.8 Å². The predicted molar refractivity (Wildman–Crippen MR) is 89.6 cm³/mol. The van der Waals surface area contributed by atoms with Gasteiger partial charge in [-0.1, -0.05) is 0 Å². The highest BCUT2D eigenvalue weighted by atomic mass is 35.5. The molecule has 1 amide bonds. The number of methoxy groups -OCH3 is 1. The number of amides is 1. The molecule has 126 valence electrons. The highest BCUT2D eigenvalue weighted by molar-refractivity contribution is 5.85. The lowest BCUT2D eigenvalue weighted by molar-refractivity contribution is -0.125. The quantitative estimate of drug-likeness (QED) is 0.758. The van der Waals surface area contributed by atoms with E-state index in [-0.39, 0.29) is 36.6 Å². The maximum atomic E-state index is 12.1. The van der Waals surface area contributed by atoms with E-state index in [2.05, 4.69) is 15.5 Å². The second-order valence-electron chi connectivity index (χ2n) is 5.61. The number of halogens is 2. The van der Waals surface area contributed by atoms with Gasteiger partial charge in [0.1, 0.15) is 0 Å². The third-order valence-electron chi connectivity index (χ3n) is 4.26. The van der Waals surface area contributed by atoms with Crippen molar-refractivity contribution in [1.29, 1.82) is 0 Å². The summed E-state index contributed by atoms with van der Waals surface area (Å²) in [6.07, 6.45) is 4.56. The van der Waals surface area contributed by atoms with Gasteiger partial charge in [0.25, 0.3) is 0 Å². The van der Waals surface area contributed by atoms with E-state index in [0.29, 0.717) is 6.04 Å². The van der Waals surface area contributed by atoms with Crippen molar-refractivity contribution in [2.45, 2.75) is 31.7 Å². The van der Waals surface area contributed by atoms with Crippen LogP contribution >= 0.6 is 24.8 Å². The van der Waals surface area contributed by atoms with Crippen LogP contribution in [-0.4, -0.2) is 63.3 Å². The molecule has 0 aromatic carbocycles. The summed E-state index contributed by atoms with van der Waals surface area (Å²) in [4.78, 5) is 14.5. The Morgan fingerprint density at radius 3 is 2.81 bits per heavy atom. The first-order chi connectivity index (χ1) is 9.31. The van der Waals surface area contributed by atoms with E-state index in [1.807, 2.05) is 0 Å². The van der Waals surface area contributed by atoms with Crippen molar-refractivity contribution < 1.29 is 9.53 Å². The van der Waals surface area contributed by atoms with Crippen molar-refractivity contribution in [3.63, 3.8) is 0 Å². The Morgan fingerprint density at radius 1 is 1.33 bits per heavy atom. The molecule has 2 N–H and O–H groups in total. The zero-order valence-electron chi connectivity index (χ0n) is 12.8. The van der Waals surface area contributed by atoms with Crippen LogP contribution in [0.15, 0.2) is 0 Å². The topological polar surface area (TPSA) is 53.6 Å². The number of carbonyl (C=O) groups excluding carboxylic acids is 1. The van der Waals surface area contributed by atoms with Crippen molar-refractivity contribution in [1.82, 2.24) is 15.5 Å². The number of rotatable bonds is 6. The first-order valence-electron chi connectivity index (χ1n) is 7.52. The summed E-state index contributed by atoms with van der Waals surface area (Å²) in [5.41, 5.74) is 0. The highest BCUT2D eigenvalue weighted by Gasteiger charge is 2.26. The SMILES string of the molecule is COCCN1CCCC1CNC(=O)C1CCCNC1.Cl.Cl. The molecule has 2 aliphatic rings. The van der Waals surface area contributed by atoms with Crippen LogP contribution in [-0.2, 0) is 9.53 Å². The molecule has 0 bridgehead atoms. The Balaban J connectivity index is 0.00000200.